The second-order valence-corrected chi connectivity index (χ2v) is 6.86. The molecule has 0 aromatic heterocycles. The van der Waals surface area contributed by atoms with Crippen LogP contribution in [-0.2, 0) is 10.0 Å². The summed E-state index contributed by atoms with van der Waals surface area (Å²) in [5.41, 5.74) is -0.338. The zero-order valence-corrected chi connectivity index (χ0v) is 12.3. The highest BCUT2D eigenvalue weighted by Gasteiger charge is 2.28. The smallest absolute Gasteiger partial charge is 0.256 e. The first-order valence-corrected chi connectivity index (χ1v) is 8.37. The normalized spacial score (nSPS) is 19.6. The highest BCUT2D eigenvalue weighted by Crippen LogP contribution is 2.18. The van der Waals surface area contributed by atoms with E-state index in [9.17, 15) is 22.0 Å². The van der Waals surface area contributed by atoms with E-state index in [1.807, 2.05) is 0 Å². The maximum absolute atomic E-state index is 13.6. The van der Waals surface area contributed by atoms with Gasteiger partial charge in [-0.3, -0.25) is 4.79 Å². The minimum Gasteiger partial charge on any atom is -0.337 e. The molecule has 2 rings (SSSR count). The van der Waals surface area contributed by atoms with Gasteiger partial charge in [0.05, 0.1) is 11.8 Å². The van der Waals surface area contributed by atoms with E-state index in [-0.39, 0.29) is 12.1 Å². The van der Waals surface area contributed by atoms with Gasteiger partial charge in [-0.15, -0.1) is 0 Å². The van der Waals surface area contributed by atoms with Crippen LogP contribution in [-0.4, -0.2) is 44.6 Å². The molecule has 1 unspecified atom stereocenters. The van der Waals surface area contributed by atoms with Gasteiger partial charge >= 0.3 is 0 Å². The van der Waals surface area contributed by atoms with Crippen LogP contribution in [0.15, 0.2) is 18.2 Å². The molecule has 0 spiro atoms. The molecule has 1 amide bonds. The number of likely N-dealkylation sites (tertiary alicyclic amines) is 1. The molecule has 1 atom stereocenters. The standard InChI is InChI=1S/C13H16F2N2O3S/c1-21(19,20)16-9-4-3-7-17(8-9)13(18)10-5-2-6-11(14)12(10)15/h2,5-6,9,16H,3-4,7-8H2,1H3. The summed E-state index contributed by atoms with van der Waals surface area (Å²) >= 11 is 0. The molecule has 21 heavy (non-hydrogen) atoms. The lowest BCUT2D eigenvalue weighted by Gasteiger charge is -2.32. The van der Waals surface area contributed by atoms with Crippen LogP contribution in [0.25, 0.3) is 0 Å². The summed E-state index contributed by atoms with van der Waals surface area (Å²) in [6.45, 7) is 0.526. The third-order valence-corrected chi connectivity index (χ3v) is 4.03. The number of carbonyl (C=O) groups is 1. The minimum absolute atomic E-state index is 0.141. The van der Waals surface area contributed by atoms with Crippen LogP contribution in [0.4, 0.5) is 8.78 Å². The SMILES string of the molecule is CS(=O)(=O)NC1CCCN(C(=O)c2cccc(F)c2F)C1. The first kappa shape index (κ1) is 15.8. The van der Waals surface area contributed by atoms with Crippen molar-refractivity contribution in [2.75, 3.05) is 19.3 Å². The second kappa shape index (κ2) is 6.07. The van der Waals surface area contributed by atoms with E-state index in [2.05, 4.69) is 4.72 Å². The summed E-state index contributed by atoms with van der Waals surface area (Å²) in [6.07, 6.45) is 2.23. The van der Waals surface area contributed by atoms with Crippen LogP contribution in [0.1, 0.15) is 23.2 Å². The topological polar surface area (TPSA) is 66.5 Å². The van der Waals surface area contributed by atoms with E-state index < -0.39 is 33.6 Å². The molecule has 1 saturated heterocycles. The summed E-state index contributed by atoms with van der Waals surface area (Å²) in [6, 6.07) is 3.02. The summed E-state index contributed by atoms with van der Waals surface area (Å²) in [7, 11) is -3.37. The highest BCUT2D eigenvalue weighted by atomic mass is 32.2. The van der Waals surface area contributed by atoms with Crippen molar-refractivity contribution in [3.8, 4) is 0 Å². The van der Waals surface area contributed by atoms with Crippen LogP contribution in [0.2, 0.25) is 0 Å². The lowest BCUT2D eigenvalue weighted by atomic mass is 10.1. The third-order valence-electron chi connectivity index (χ3n) is 3.27. The fourth-order valence-corrected chi connectivity index (χ4v) is 3.20. The Hall–Kier alpha value is -1.54. The maximum atomic E-state index is 13.6. The van der Waals surface area contributed by atoms with E-state index in [0.717, 1.165) is 12.3 Å². The number of piperidine rings is 1. The van der Waals surface area contributed by atoms with Crippen LogP contribution in [0.5, 0.6) is 0 Å². The van der Waals surface area contributed by atoms with Crippen molar-refractivity contribution >= 4 is 15.9 Å². The molecule has 0 saturated carbocycles. The number of benzene rings is 1. The number of amides is 1. The van der Waals surface area contributed by atoms with Gasteiger partial charge in [0.25, 0.3) is 5.91 Å². The molecular weight excluding hydrogens is 302 g/mol. The van der Waals surface area contributed by atoms with Crippen molar-refractivity contribution in [3.05, 3.63) is 35.4 Å². The first-order valence-electron chi connectivity index (χ1n) is 6.48. The lowest BCUT2D eigenvalue weighted by Crippen LogP contribution is -2.49. The number of nitrogens with one attached hydrogen (secondary N) is 1. The molecule has 0 bridgehead atoms. The van der Waals surface area contributed by atoms with Gasteiger partial charge in [-0.25, -0.2) is 21.9 Å². The average molecular weight is 318 g/mol. The van der Waals surface area contributed by atoms with Gasteiger partial charge < -0.3 is 4.90 Å². The van der Waals surface area contributed by atoms with Crippen molar-refractivity contribution < 1.29 is 22.0 Å². The minimum atomic E-state index is -3.37. The second-order valence-electron chi connectivity index (χ2n) is 5.08. The fraction of sp³-hybridized carbons (Fsp3) is 0.462. The molecule has 1 fully saturated rings. The number of hydrogen-bond acceptors (Lipinski definition) is 3. The van der Waals surface area contributed by atoms with E-state index in [1.54, 1.807) is 0 Å². The number of nitrogens with zero attached hydrogens (tertiary/aromatic N) is 1. The van der Waals surface area contributed by atoms with Gasteiger partial charge in [0.2, 0.25) is 10.0 Å². The summed E-state index contributed by atoms with van der Waals surface area (Å²) in [4.78, 5) is 13.6. The van der Waals surface area contributed by atoms with Crippen LogP contribution >= 0.6 is 0 Å². The molecule has 1 aromatic carbocycles. The number of halogens is 2. The Bertz CT molecular complexity index is 649. The number of sulfonamides is 1. The van der Waals surface area contributed by atoms with Gasteiger partial charge in [-0.05, 0) is 25.0 Å². The van der Waals surface area contributed by atoms with Crippen LogP contribution < -0.4 is 4.72 Å². The number of hydrogen-bond donors (Lipinski definition) is 1. The van der Waals surface area contributed by atoms with Gasteiger partial charge in [0.15, 0.2) is 11.6 Å². The molecule has 1 aromatic rings. The van der Waals surface area contributed by atoms with Gasteiger partial charge in [0, 0.05) is 19.1 Å². The monoisotopic (exact) mass is 318 g/mol. The van der Waals surface area contributed by atoms with Crippen molar-refractivity contribution in [1.82, 2.24) is 9.62 Å². The summed E-state index contributed by atoms with van der Waals surface area (Å²) in [5.74, 6) is -2.89. The van der Waals surface area contributed by atoms with E-state index >= 15 is 0 Å². The Kier molecular flexibility index (Phi) is 4.58. The Balaban J connectivity index is 2.14. The molecule has 1 aliphatic rings. The van der Waals surface area contributed by atoms with Gasteiger partial charge in [-0.1, -0.05) is 6.07 Å². The zero-order chi connectivity index (χ0) is 15.6. The zero-order valence-electron chi connectivity index (χ0n) is 11.5. The van der Waals surface area contributed by atoms with Crippen LogP contribution in [0.3, 0.4) is 0 Å². The van der Waals surface area contributed by atoms with E-state index in [1.165, 1.54) is 17.0 Å². The van der Waals surface area contributed by atoms with E-state index in [4.69, 9.17) is 0 Å². The van der Waals surface area contributed by atoms with E-state index in [0.29, 0.717) is 19.4 Å². The Morgan fingerprint density at radius 3 is 2.76 bits per heavy atom. The first-order chi connectivity index (χ1) is 9.78. The molecule has 8 heteroatoms. The predicted octanol–water partition coefficient (Wildman–Crippen LogP) is 1.12. The molecule has 0 aliphatic carbocycles. The third kappa shape index (κ3) is 3.98. The maximum Gasteiger partial charge on any atom is 0.256 e. The molecule has 0 radical (unpaired) electrons. The summed E-state index contributed by atoms with van der Waals surface area (Å²) in [5, 5.41) is 0. The molecule has 1 N–H and O–H groups in total. The summed E-state index contributed by atoms with van der Waals surface area (Å²) < 4.78 is 51.7. The fourth-order valence-electron chi connectivity index (χ4n) is 2.40. The Morgan fingerprint density at radius 1 is 1.38 bits per heavy atom. The molecule has 1 aliphatic heterocycles. The highest BCUT2D eigenvalue weighted by molar-refractivity contribution is 7.88. The quantitative estimate of drug-likeness (QED) is 0.908. The number of rotatable bonds is 3. The van der Waals surface area contributed by atoms with Crippen molar-refractivity contribution in [3.63, 3.8) is 0 Å². The molecule has 5 nitrogen and oxygen atoms in total. The van der Waals surface area contributed by atoms with Crippen LogP contribution in [0, 0.1) is 11.6 Å². The van der Waals surface area contributed by atoms with Gasteiger partial charge in [0.1, 0.15) is 0 Å². The predicted molar refractivity (Wildman–Crippen MR) is 73.3 cm³/mol. The number of carbonyl (C=O) groups excluding carboxylic acids is 1. The van der Waals surface area contributed by atoms with Crippen molar-refractivity contribution in [1.29, 1.82) is 0 Å². The van der Waals surface area contributed by atoms with Crippen molar-refractivity contribution in [2.45, 2.75) is 18.9 Å². The average Bonchev–Trinajstić information content (AvgIpc) is 2.39. The molecule has 1 heterocycles. The molecular formula is C13H16F2N2O3S. The van der Waals surface area contributed by atoms with Crippen molar-refractivity contribution in [2.24, 2.45) is 0 Å². The largest absolute Gasteiger partial charge is 0.337 e. The molecule has 116 valence electrons. The van der Waals surface area contributed by atoms with Gasteiger partial charge in [-0.2, -0.15) is 0 Å². The Labute approximate surface area is 122 Å². The Morgan fingerprint density at radius 2 is 2.10 bits per heavy atom. The lowest BCUT2D eigenvalue weighted by molar-refractivity contribution is 0.0697.